The van der Waals surface area contributed by atoms with Gasteiger partial charge in [-0.15, -0.1) is 0 Å². The molecule has 0 saturated heterocycles. The van der Waals surface area contributed by atoms with Crippen LogP contribution in [0.15, 0.2) is 60.7 Å². The van der Waals surface area contributed by atoms with Gasteiger partial charge in [-0.3, -0.25) is 0 Å². The van der Waals surface area contributed by atoms with Crippen molar-refractivity contribution >= 4 is 0 Å². The largest absolute Gasteiger partial charge is 0.204 e. The fourth-order valence-corrected chi connectivity index (χ4v) is 3.04. The summed E-state index contributed by atoms with van der Waals surface area (Å²) < 4.78 is 27.3. The first-order valence-electron chi connectivity index (χ1n) is 6.89. The van der Waals surface area contributed by atoms with Crippen molar-refractivity contribution in [3.8, 4) is 22.3 Å². The number of halogens is 2. The molecule has 0 unspecified atom stereocenters. The smallest absolute Gasteiger partial charge is 0.166 e. The first-order valence-corrected chi connectivity index (χ1v) is 6.89. The van der Waals surface area contributed by atoms with Gasteiger partial charge in [-0.2, -0.15) is 0 Å². The number of hydrogen-bond donors (Lipinski definition) is 0. The van der Waals surface area contributed by atoms with Gasteiger partial charge in [0, 0.05) is 5.56 Å². The van der Waals surface area contributed by atoms with Gasteiger partial charge in [0.25, 0.3) is 0 Å². The minimum absolute atomic E-state index is 0.314. The highest BCUT2D eigenvalue weighted by Crippen LogP contribution is 2.38. The van der Waals surface area contributed by atoms with E-state index in [1.165, 1.54) is 22.8 Å². The minimum Gasteiger partial charge on any atom is -0.204 e. The highest BCUT2D eigenvalue weighted by Gasteiger charge is 2.19. The van der Waals surface area contributed by atoms with E-state index in [2.05, 4.69) is 12.1 Å². The molecule has 0 radical (unpaired) electrons. The summed E-state index contributed by atoms with van der Waals surface area (Å²) in [5, 5.41) is 0. The second kappa shape index (κ2) is 4.52. The third kappa shape index (κ3) is 1.87. The van der Waals surface area contributed by atoms with Crippen molar-refractivity contribution in [3.63, 3.8) is 0 Å². The van der Waals surface area contributed by atoms with E-state index in [0.29, 0.717) is 5.56 Å². The molecular weight excluding hydrogens is 266 g/mol. The lowest BCUT2D eigenvalue weighted by molar-refractivity contribution is 0.511. The van der Waals surface area contributed by atoms with E-state index in [-0.39, 0.29) is 0 Å². The first-order chi connectivity index (χ1) is 10.2. The normalized spacial score (nSPS) is 12.1. The van der Waals surface area contributed by atoms with Crippen molar-refractivity contribution in [1.29, 1.82) is 0 Å². The number of fused-ring (bicyclic) bond motifs is 3. The van der Waals surface area contributed by atoms with Crippen LogP contribution in [0.1, 0.15) is 11.1 Å². The fourth-order valence-electron chi connectivity index (χ4n) is 3.04. The zero-order valence-electron chi connectivity index (χ0n) is 11.2. The SMILES string of the molecule is Fc1cccc(-c2ccc3c(c2)Cc2ccccc2-3)c1F. The van der Waals surface area contributed by atoms with Gasteiger partial charge in [-0.25, -0.2) is 8.78 Å². The Hall–Kier alpha value is -2.48. The van der Waals surface area contributed by atoms with Crippen LogP contribution >= 0.6 is 0 Å². The van der Waals surface area contributed by atoms with E-state index in [1.807, 2.05) is 30.3 Å². The second-order valence-electron chi connectivity index (χ2n) is 5.31. The molecule has 3 aromatic rings. The zero-order chi connectivity index (χ0) is 14.4. The highest BCUT2D eigenvalue weighted by molar-refractivity contribution is 5.80. The van der Waals surface area contributed by atoms with Crippen LogP contribution in [0, 0.1) is 11.6 Å². The fraction of sp³-hybridized carbons (Fsp3) is 0.0526. The van der Waals surface area contributed by atoms with Crippen LogP contribution in [0.3, 0.4) is 0 Å². The molecule has 1 aliphatic rings. The molecule has 4 rings (SSSR count). The van der Waals surface area contributed by atoms with Crippen LogP contribution in [-0.4, -0.2) is 0 Å². The van der Waals surface area contributed by atoms with Crippen LogP contribution in [-0.2, 0) is 6.42 Å². The van der Waals surface area contributed by atoms with Crippen molar-refractivity contribution in [2.75, 3.05) is 0 Å². The van der Waals surface area contributed by atoms with E-state index < -0.39 is 11.6 Å². The van der Waals surface area contributed by atoms with Crippen molar-refractivity contribution < 1.29 is 8.78 Å². The lowest BCUT2D eigenvalue weighted by Gasteiger charge is -2.07. The Kier molecular flexibility index (Phi) is 2.64. The van der Waals surface area contributed by atoms with E-state index in [4.69, 9.17) is 0 Å². The lowest BCUT2D eigenvalue weighted by Crippen LogP contribution is -1.90. The Balaban J connectivity index is 1.85. The van der Waals surface area contributed by atoms with Gasteiger partial charge in [0.1, 0.15) is 0 Å². The number of rotatable bonds is 1. The quantitative estimate of drug-likeness (QED) is 0.449. The van der Waals surface area contributed by atoms with Crippen molar-refractivity contribution in [2.24, 2.45) is 0 Å². The van der Waals surface area contributed by atoms with E-state index in [0.717, 1.165) is 23.6 Å². The summed E-state index contributed by atoms with van der Waals surface area (Å²) in [6.45, 7) is 0. The molecule has 0 aromatic heterocycles. The number of benzene rings is 3. The second-order valence-corrected chi connectivity index (χ2v) is 5.31. The number of hydrogen-bond acceptors (Lipinski definition) is 0. The standard InChI is InChI=1S/C19H12F2/c20-18-7-3-6-17(19(18)21)13-8-9-16-14(11-13)10-12-4-1-2-5-15(12)16/h1-9,11H,10H2. The Bertz CT molecular complexity index is 850. The van der Waals surface area contributed by atoms with Gasteiger partial charge >= 0.3 is 0 Å². The van der Waals surface area contributed by atoms with Crippen LogP contribution in [0.4, 0.5) is 8.78 Å². The highest BCUT2D eigenvalue weighted by atomic mass is 19.2. The molecule has 0 heterocycles. The summed E-state index contributed by atoms with van der Waals surface area (Å²) in [6, 6.07) is 18.4. The van der Waals surface area contributed by atoms with Gasteiger partial charge < -0.3 is 0 Å². The molecule has 0 spiro atoms. The molecule has 102 valence electrons. The molecule has 0 amide bonds. The Labute approximate surface area is 121 Å². The average molecular weight is 278 g/mol. The Morgan fingerprint density at radius 2 is 1.43 bits per heavy atom. The maximum absolute atomic E-state index is 13.9. The molecule has 1 aliphatic carbocycles. The van der Waals surface area contributed by atoms with Gasteiger partial charge in [0.15, 0.2) is 11.6 Å². The summed E-state index contributed by atoms with van der Waals surface area (Å²) in [4.78, 5) is 0. The van der Waals surface area contributed by atoms with E-state index in [9.17, 15) is 8.78 Å². The van der Waals surface area contributed by atoms with Crippen LogP contribution in [0.5, 0.6) is 0 Å². The molecule has 0 saturated carbocycles. The first kappa shape index (κ1) is 12.3. The van der Waals surface area contributed by atoms with E-state index in [1.54, 1.807) is 6.07 Å². The van der Waals surface area contributed by atoms with Crippen molar-refractivity contribution in [1.82, 2.24) is 0 Å². The zero-order valence-corrected chi connectivity index (χ0v) is 11.2. The molecule has 3 aromatic carbocycles. The molecule has 0 atom stereocenters. The Morgan fingerprint density at radius 3 is 2.33 bits per heavy atom. The molecular formula is C19H12F2. The molecule has 21 heavy (non-hydrogen) atoms. The molecule has 0 nitrogen and oxygen atoms in total. The van der Waals surface area contributed by atoms with Crippen LogP contribution < -0.4 is 0 Å². The summed E-state index contributed by atoms with van der Waals surface area (Å²) in [6.07, 6.45) is 0.844. The summed E-state index contributed by atoms with van der Waals surface area (Å²) >= 11 is 0. The lowest BCUT2D eigenvalue weighted by atomic mass is 9.99. The van der Waals surface area contributed by atoms with Crippen LogP contribution in [0.25, 0.3) is 22.3 Å². The topological polar surface area (TPSA) is 0 Å². The van der Waals surface area contributed by atoms with Crippen molar-refractivity contribution in [3.05, 3.63) is 83.4 Å². The predicted molar refractivity (Wildman–Crippen MR) is 80.0 cm³/mol. The summed E-state index contributed by atoms with van der Waals surface area (Å²) in [5.41, 5.74) is 5.90. The molecule has 0 fully saturated rings. The van der Waals surface area contributed by atoms with E-state index >= 15 is 0 Å². The predicted octanol–water partition coefficient (Wildman–Crippen LogP) is 5.20. The molecule has 2 heteroatoms. The van der Waals surface area contributed by atoms with Gasteiger partial charge in [-0.05, 0) is 40.3 Å². The van der Waals surface area contributed by atoms with Gasteiger partial charge in [0.2, 0.25) is 0 Å². The van der Waals surface area contributed by atoms with Gasteiger partial charge in [-0.1, -0.05) is 54.6 Å². The minimum atomic E-state index is -0.809. The van der Waals surface area contributed by atoms with Crippen LogP contribution in [0.2, 0.25) is 0 Å². The third-order valence-corrected chi connectivity index (χ3v) is 4.06. The molecule has 0 aliphatic heterocycles. The molecule has 0 bridgehead atoms. The molecule has 0 N–H and O–H groups in total. The third-order valence-electron chi connectivity index (χ3n) is 4.06. The van der Waals surface area contributed by atoms with Crippen molar-refractivity contribution in [2.45, 2.75) is 6.42 Å². The summed E-state index contributed by atoms with van der Waals surface area (Å²) in [7, 11) is 0. The summed E-state index contributed by atoms with van der Waals surface area (Å²) in [5.74, 6) is -1.59. The maximum atomic E-state index is 13.9. The maximum Gasteiger partial charge on any atom is 0.166 e. The average Bonchev–Trinajstić information content (AvgIpc) is 2.87. The Morgan fingerprint density at radius 1 is 0.667 bits per heavy atom. The monoisotopic (exact) mass is 278 g/mol. The van der Waals surface area contributed by atoms with Gasteiger partial charge in [0.05, 0.1) is 0 Å².